The highest BCUT2D eigenvalue weighted by atomic mass is 35.5. The number of ether oxygens (including phenoxy) is 1. The van der Waals surface area contributed by atoms with Crippen molar-refractivity contribution in [3.8, 4) is 5.75 Å². The van der Waals surface area contributed by atoms with Crippen molar-refractivity contribution in [1.82, 2.24) is 14.9 Å². The molecule has 0 saturated heterocycles. The minimum absolute atomic E-state index is 0. The Bertz CT molecular complexity index is 1570. The number of halogens is 3. The van der Waals surface area contributed by atoms with Crippen molar-refractivity contribution >= 4 is 71.3 Å². The molecule has 2 aromatic carbocycles. The summed E-state index contributed by atoms with van der Waals surface area (Å²) in [4.78, 5) is 40.8. The summed E-state index contributed by atoms with van der Waals surface area (Å²) in [5, 5.41) is 1.18. The third-order valence-electron chi connectivity index (χ3n) is 7.99. The van der Waals surface area contributed by atoms with Crippen molar-refractivity contribution in [3.05, 3.63) is 90.4 Å². The number of carbonyl (C=O) groups excluding carboxylic acids is 2. The third-order valence-corrected chi connectivity index (χ3v) is 7.99. The number of hydrogen-bond acceptors (Lipinski definition) is 6. The van der Waals surface area contributed by atoms with Crippen LogP contribution in [0.15, 0.2) is 79.3 Å². The average molecular weight is 675 g/mol. The Morgan fingerprint density at radius 3 is 2.40 bits per heavy atom. The molecule has 1 aliphatic rings. The van der Waals surface area contributed by atoms with Crippen LogP contribution in [0.3, 0.4) is 0 Å². The lowest BCUT2D eigenvalue weighted by molar-refractivity contribution is -0.137. The van der Waals surface area contributed by atoms with Gasteiger partial charge in [0.15, 0.2) is 0 Å². The van der Waals surface area contributed by atoms with Crippen LogP contribution < -0.4 is 14.5 Å². The van der Waals surface area contributed by atoms with Crippen LogP contribution in [0.2, 0.25) is 0 Å². The second-order valence-electron chi connectivity index (χ2n) is 11.3. The minimum atomic E-state index is -1.13. The lowest BCUT2D eigenvalue weighted by atomic mass is 9.90. The molecule has 242 valence electrons. The van der Waals surface area contributed by atoms with Crippen molar-refractivity contribution in [2.24, 2.45) is 5.41 Å². The molecule has 3 heterocycles. The average Bonchev–Trinajstić information content (AvgIpc) is 3.06. The van der Waals surface area contributed by atoms with Crippen molar-refractivity contribution in [1.29, 1.82) is 0 Å². The predicted molar refractivity (Wildman–Crippen MR) is 188 cm³/mol. The number of amides is 2. The molecule has 0 fully saturated rings. The van der Waals surface area contributed by atoms with Gasteiger partial charge in [-0.1, -0.05) is 24.3 Å². The molecular formula is C34H42Cl3N5O3. The quantitative estimate of drug-likeness (QED) is 0.129. The largest absolute Gasteiger partial charge is 0.493 e. The van der Waals surface area contributed by atoms with Gasteiger partial charge >= 0.3 is 0 Å². The summed E-state index contributed by atoms with van der Waals surface area (Å²) in [6.45, 7) is 8.87. The van der Waals surface area contributed by atoms with E-state index in [-0.39, 0.29) is 49.0 Å². The number of nitrogens with zero attached hydrogens (tertiary/aromatic N) is 5. The Morgan fingerprint density at radius 1 is 0.889 bits per heavy atom. The fourth-order valence-corrected chi connectivity index (χ4v) is 5.60. The Labute approximate surface area is 284 Å². The van der Waals surface area contributed by atoms with E-state index in [4.69, 9.17) is 4.74 Å². The van der Waals surface area contributed by atoms with Crippen LogP contribution in [0.25, 0.3) is 10.9 Å². The van der Waals surface area contributed by atoms with Gasteiger partial charge in [-0.15, -0.1) is 37.2 Å². The fraction of sp³-hybridized carbons (Fsp3) is 0.353. The standard InChI is InChI=1S/C34H39N5O3.3ClH/c1-5-39-30-15-14-27(22-31(30)37(4)32(40)34(2,3)33(39)41)42-21-9-19-38(20-16-25-10-7-17-35-23-25)24-26-11-6-13-29-28(26)12-8-18-36-29;;;/h6-8,10-15,17-18,22-23H,5,9,16,19-21,24H2,1-4H3;3*1H. The SMILES string of the molecule is CCN1C(=O)C(C)(C)C(=O)N(C)c2cc(OCCCN(CCc3cccnc3)Cc3cccc4ncccc34)ccc21.Cl.Cl.Cl. The summed E-state index contributed by atoms with van der Waals surface area (Å²) in [5.41, 5.74) is 3.74. The second-order valence-corrected chi connectivity index (χ2v) is 11.3. The first kappa shape index (κ1) is 37.8. The van der Waals surface area contributed by atoms with Gasteiger partial charge < -0.3 is 14.5 Å². The lowest BCUT2D eigenvalue weighted by Gasteiger charge is -2.27. The van der Waals surface area contributed by atoms with Crippen molar-refractivity contribution in [3.63, 3.8) is 0 Å². The van der Waals surface area contributed by atoms with Crippen LogP contribution in [0, 0.1) is 5.41 Å². The summed E-state index contributed by atoms with van der Waals surface area (Å²) in [5.74, 6) is 0.260. The number of rotatable bonds is 11. The predicted octanol–water partition coefficient (Wildman–Crippen LogP) is 6.76. The molecule has 0 spiro atoms. The maximum absolute atomic E-state index is 13.2. The van der Waals surface area contributed by atoms with Crippen molar-refractivity contribution in [2.45, 2.75) is 40.2 Å². The molecule has 2 amide bonds. The summed E-state index contributed by atoms with van der Waals surface area (Å²) in [6, 6.07) is 20.1. The van der Waals surface area contributed by atoms with E-state index in [1.54, 1.807) is 36.9 Å². The first-order valence-electron chi connectivity index (χ1n) is 14.6. The lowest BCUT2D eigenvalue weighted by Crippen LogP contribution is -2.47. The topological polar surface area (TPSA) is 78.9 Å². The highest BCUT2D eigenvalue weighted by Crippen LogP contribution is 2.40. The van der Waals surface area contributed by atoms with E-state index in [1.165, 1.54) is 16.5 Å². The van der Waals surface area contributed by atoms with E-state index in [0.717, 1.165) is 43.7 Å². The van der Waals surface area contributed by atoms with Gasteiger partial charge in [-0.05, 0) is 75.1 Å². The van der Waals surface area contributed by atoms with Crippen LogP contribution in [0.1, 0.15) is 38.3 Å². The van der Waals surface area contributed by atoms with Crippen LogP contribution in [0.5, 0.6) is 5.75 Å². The van der Waals surface area contributed by atoms with Gasteiger partial charge in [-0.3, -0.25) is 24.5 Å². The number of carbonyl (C=O) groups is 2. The molecule has 45 heavy (non-hydrogen) atoms. The first-order chi connectivity index (χ1) is 20.3. The van der Waals surface area contributed by atoms with E-state index in [1.807, 2.05) is 49.6 Å². The molecule has 8 nitrogen and oxygen atoms in total. The monoisotopic (exact) mass is 673 g/mol. The molecule has 4 aromatic rings. The van der Waals surface area contributed by atoms with E-state index in [2.05, 4.69) is 45.2 Å². The smallest absolute Gasteiger partial charge is 0.242 e. The van der Waals surface area contributed by atoms with Crippen molar-refractivity contribution in [2.75, 3.05) is 43.1 Å². The Morgan fingerprint density at radius 2 is 1.67 bits per heavy atom. The zero-order chi connectivity index (χ0) is 29.7. The molecule has 0 radical (unpaired) electrons. The number of benzene rings is 2. The maximum Gasteiger partial charge on any atom is 0.242 e. The number of pyridine rings is 2. The van der Waals surface area contributed by atoms with Gasteiger partial charge in [-0.25, -0.2) is 0 Å². The third kappa shape index (κ3) is 8.44. The van der Waals surface area contributed by atoms with Crippen LogP contribution in [-0.2, 0) is 22.6 Å². The van der Waals surface area contributed by atoms with Gasteiger partial charge in [-0.2, -0.15) is 0 Å². The summed E-state index contributed by atoms with van der Waals surface area (Å²) in [6.07, 6.45) is 7.30. The molecule has 1 aliphatic heterocycles. The number of fused-ring (bicyclic) bond motifs is 2. The molecule has 0 saturated carbocycles. The Balaban J connectivity index is 0.00000235. The Kier molecular flexibility index (Phi) is 14.1. The normalized spacial score (nSPS) is 13.8. The number of anilines is 2. The van der Waals surface area contributed by atoms with Gasteiger partial charge in [0.05, 0.1) is 23.5 Å². The highest BCUT2D eigenvalue weighted by Gasteiger charge is 2.45. The molecule has 0 N–H and O–H groups in total. The molecular weight excluding hydrogens is 633 g/mol. The summed E-state index contributed by atoms with van der Waals surface area (Å²) >= 11 is 0. The molecule has 2 aromatic heterocycles. The van der Waals surface area contributed by atoms with Gasteiger partial charge in [0.1, 0.15) is 11.2 Å². The molecule has 11 heteroatoms. The maximum atomic E-state index is 13.2. The van der Waals surface area contributed by atoms with E-state index < -0.39 is 5.41 Å². The van der Waals surface area contributed by atoms with Gasteiger partial charge in [0.2, 0.25) is 11.8 Å². The molecule has 5 rings (SSSR count). The molecule has 0 unspecified atom stereocenters. The molecule has 0 aliphatic carbocycles. The minimum Gasteiger partial charge on any atom is -0.493 e. The van der Waals surface area contributed by atoms with Crippen LogP contribution in [0.4, 0.5) is 11.4 Å². The zero-order valence-corrected chi connectivity index (χ0v) is 28.6. The molecule has 0 bridgehead atoms. The summed E-state index contributed by atoms with van der Waals surface area (Å²) < 4.78 is 6.19. The molecule has 0 atom stereocenters. The fourth-order valence-electron chi connectivity index (χ4n) is 5.60. The van der Waals surface area contributed by atoms with Gasteiger partial charge in [0.25, 0.3) is 0 Å². The van der Waals surface area contributed by atoms with E-state index in [0.29, 0.717) is 24.6 Å². The first-order valence-corrected chi connectivity index (χ1v) is 14.6. The Hall–Kier alpha value is -3.43. The summed E-state index contributed by atoms with van der Waals surface area (Å²) in [7, 11) is 1.72. The number of aromatic nitrogens is 2. The van der Waals surface area contributed by atoms with Crippen LogP contribution in [-0.4, -0.2) is 60.0 Å². The number of hydrogen-bond donors (Lipinski definition) is 0. The second kappa shape index (κ2) is 16.8. The van der Waals surface area contributed by atoms with E-state index >= 15 is 0 Å². The zero-order valence-electron chi connectivity index (χ0n) is 26.1. The van der Waals surface area contributed by atoms with Gasteiger partial charge in [0, 0.05) is 63.3 Å². The van der Waals surface area contributed by atoms with E-state index in [9.17, 15) is 9.59 Å². The van der Waals surface area contributed by atoms with Crippen molar-refractivity contribution < 1.29 is 14.3 Å². The van der Waals surface area contributed by atoms with Crippen LogP contribution >= 0.6 is 37.2 Å². The highest BCUT2D eigenvalue weighted by molar-refractivity contribution is 6.20.